The van der Waals surface area contributed by atoms with Crippen LogP contribution >= 0.6 is 0 Å². The van der Waals surface area contributed by atoms with Crippen molar-refractivity contribution in [3.05, 3.63) is 0 Å². The van der Waals surface area contributed by atoms with Gasteiger partial charge in [-0.1, -0.05) is 6.42 Å². The number of likely N-dealkylation sites (tertiary alicyclic amines) is 1. The van der Waals surface area contributed by atoms with Crippen molar-refractivity contribution in [3.63, 3.8) is 0 Å². The summed E-state index contributed by atoms with van der Waals surface area (Å²) >= 11 is 0. The van der Waals surface area contributed by atoms with E-state index in [2.05, 4.69) is 22.5 Å². The van der Waals surface area contributed by atoms with E-state index < -0.39 is 0 Å². The highest BCUT2D eigenvalue weighted by Crippen LogP contribution is 2.11. The molecule has 1 heterocycles. The molecule has 112 valence electrons. The number of methoxy groups -OCH3 is 1. The quantitative estimate of drug-likeness (QED) is 0.603. The number of carbonyl (C=O) groups is 1. The summed E-state index contributed by atoms with van der Waals surface area (Å²) in [6.45, 7) is 7.30. The lowest BCUT2D eigenvalue weighted by Crippen LogP contribution is -2.45. The molecule has 0 bridgehead atoms. The second-order valence-electron chi connectivity index (χ2n) is 5.27. The summed E-state index contributed by atoms with van der Waals surface area (Å²) in [4.78, 5) is 14.0. The molecule has 0 aromatic heterocycles. The smallest absolute Gasteiger partial charge is 0.233 e. The Kier molecular flexibility index (Phi) is 8.79. The van der Waals surface area contributed by atoms with E-state index in [0.717, 1.165) is 13.0 Å². The fourth-order valence-corrected chi connectivity index (χ4v) is 2.39. The summed E-state index contributed by atoms with van der Waals surface area (Å²) in [6, 6.07) is 0.515. The summed E-state index contributed by atoms with van der Waals surface area (Å²) in [5, 5.41) is 6.11. The molecule has 1 saturated heterocycles. The maximum Gasteiger partial charge on any atom is 0.233 e. The third-order valence-electron chi connectivity index (χ3n) is 3.59. The minimum Gasteiger partial charge on any atom is -0.385 e. The monoisotopic (exact) mass is 271 g/mol. The van der Waals surface area contributed by atoms with Gasteiger partial charge in [0.25, 0.3) is 0 Å². The largest absolute Gasteiger partial charge is 0.385 e. The van der Waals surface area contributed by atoms with Gasteiger partial charge in [0.15, 0.2) is 0 Å². The number of rotatable bonds is 9. The van der Waals surface area contributed by atoms with Crippen molar-refractivity contribution >= 4 is 5.91 Å². The molecule has 1 amide bonds. The first kappa shape index (κ1) is 16.4. The van der Waals surface area contributed by atoms with E-state index in [1.807, 2.05) is 0 Å². The normalized spacial score (nSPS) is 18.2. The molecule has 1 aliphatic rings. The lowest BCUT2D eigenvalue weighted by molar-refractivity contribution is -0.120. The van der Waals surface area contributed by atoms with Crippen LogP contribution in [-0.2, 0) is 9.53 Å². The predicted octanol–water partition coefficient (Wildman–Crippen LogP) is 0.603. The summed E-state index contributed by atoms with van der Waals surface area (Å²) < 4.78 is 4.93. The third kappa shape index (κ3) is 7.50. The van der Waals surface area contributed by atoms with E-state index in [9.17, 15) is 4.79 Å². The van der Waals surface area contributed by atoms with Crippen LogP contribution in [0, 0.1) is 0 Å². The molecular weight excluding hydrogens is 242 g/mol. The van der Waals surface area contributed by atoms with Crippen LogP contribution in [0.3, 0.4) is 0 Å². The van der Waals surface area contributed by atoms with Gasteiger partial charge in [-0.25, -0.2) is 0 Å². The van der Waals surface area contributed by atoms with Gasteiger partial charge in [0, 0.05) is 32.8 Å². The number of amides is 1. The van der Waals surface area contributed by atoms with Gasteiger partial charge in [-0.3, -0.25) is 9.69 Å². The van der Waals surface area contributed by atoms with Crippen molar-refractivity contribution in [3.8, 4) is 0 Å². The fourth-order valence-electron chi connectivity index (χ4n) is 2.39. The van der Waals surface area contributed by atoms with E-state index in [4.69, 9.17) is 4.74 Å². The standard InChI is InChI=1S/C14H29N3O2/c1-13(17-8-4-3-5-9-17)11-15-12-14(18)16-7-6-10-19-2/h13,15H,3-12H2,1-2H3,(H,16,18). The molecule has 0 aromatic rings. The van der Waals surface area contributed by atoms with Gasteiger partial charge in [-0.15, -0.1) is 0 Å². The van der Waals surface area contributed by atoms with Gasteiger partial charge in [-0.2, -0.15) is 0 Å². The van der Waals surface area contributed by atoms with E-state index in [0.29, 0.717) is 25.7 Å². The molecule has 1 unspecified atom stereocenters. The van der Waals surface area contributed by atoms with Crippen molar-refractivity contribution < 1.29 is 9.53 Å². The van der Waals surface area contributed by atoms with Crippen LogP contribution in [0.2, 0.25) is 0 Å². The van der Waals surface area contributed by atoms with Crippen molar-refractivity contribution in [2.24, 2.45) is 0 Å². The van der Waals surface area contributed by atoms with Crippen molar-refractivity contribution in [1.29, 1.82) is 0 Å². The molecule has 0 radical (unpaired) electrons. The van der Waals surface area contributed by atoms with Crippen LogP contribution in [0.25, 0.3) is 0 Å². The molecule has 1 aliphatic heterocycles. The van der Waals surface area contributed by atoms with Crippen molar-refractivity contribution in [2.75, 3.05) is 46.4 Å². The number of carbonyl (C=O) groups excluding carboxylic acids is 1. The molecule has 1 rings (SSSR count). The van der Waals surface area contributed by atoms with E-state index in [-0.39, 0.29) is 5.91 Å². The number of piperidine rings is 1. The topological polar surface area (TPSA) is 53.6 Å². The molecule has 19 heavy (non-hydrogen) atoms. The van der Waals surface area contributed by atoms with Gasteiger partial charge in [-0.05, 0) is 39.3 Å². The maximum atomic E-state index is 11.5. The molecule has 0 aliphatic carbocycles. The molecule has 0 spiro atoms. The van der Waals surface area contributed by atoms with Gasteiger partial charge in [0.2, 0.25) is 5.91 Å². The molecule has 0 saturated carbocycles. The van der Waals surface area contributed by atoms with E-state index >= 15 is 0 Å². The van der Waals surface area contributed by atoms with Crippen LogP contribution in [0.15, 0.2) is 0 Å². The zero-order chi connectivity index (χ0) is 13.9. The first-order chi connectivity index (χ1) is 9.24. The first-order valence-corrected chi connectivity index (χ1v) is 7.44. The summed E-state index contributed by atoms with van der Waals surface area (Å²) in [6.07, 6.45) is 4.85. The number of hydrogen-bond donors (Lipinski definition) is 2. The highest BCUT2D eigenvalue weighted by Gasteiger charge is 2.16. The van der Waals surface area contributed by atoms with Crippen LogP contribution < -0.4 is 10.6 Å². The van der Waals surface area contributed by atoms with Crippen molar-refractivity contribution in [1.82, 2.24) is 15.5 Å². The average molecular weight is 271 g/mol. The van der Waals surface area contributed by atoms with Crippen LogP contribution in [0.1, 0.15) is 32.6 Å². The Morgan fingerprint density at radius 3 is 2.74 bits per heavy atom. The number of ether oxygens (including phenoxy) is 1. The summed E-state index contributed by atoms with van der Waals surface area (Å²) in [5.41, 5.74) is 0. The average Bonchev–Trinajstić information content (AvgIpc) is 2.44. The second kappa shape index (κ2) is 10.2. The third-order valence-corrected chi connectivity index (χ3v) is 3.59. The Hall–Kier alpha value is -0.650. The SMILES string of the molecule is COCCCNC(=O)CNCC(C)N1CCCCC1. The van der Waals surface area contributed by atoms with Crippen LogP contribution in [0.5, 0.6) is 0 Å². The van der Waals surface area contributed by atoms with Crippen LogP contribution in [0.4, 0.5) is 0 Å². The Morgan fingerprint density at radius 2 is 2.05 bits per heavy atom. The molecule has 1 fully saturated rings. The van der Waals surface area contributed by atoms with Gasteiger partial charge < -0.3 is 15.4 Å². The lowest BCUT2D eigenvalue weighted by Gasteiger charge is -2.32. The predicted molar refractivity (Wildman–Crippen MR) is 77.3 cm³/mol. The maximum absolute atomic E-state index is 11.5. The molecular formula is C14H29N3O2. The molecule has 0 aromatic carbocycles. The van der Waals surface area contributed by atoms with Gasteiger partial charge in [0.1, 0.15) is 0 Å². The van der Waals surface area contributed by atoms with Gasteiger partial charge >= 0.3 is 0 Å². The van der Waals surface area contributed by atoms with Gasteiger partial charge in [0.05, 0.1) is 6.54 Å². The van der Waals surface area contributed by atoms with E-state index in [1.165, 1.54) is 32.4 Å². The number of hydrogen-bond acceptors (Lipinski definition) is 4. The molecule has 5 nitrogen and oxygen atoms in total. The zero-order valence-corrected chi connectivity index (χ0v) is 12.4. The lowest BCUT2D eigenvalue weighted by atomic mass is 10.1. The zero-order valence-electron chi connectivity index (χ0n) is 12.4. The highest BCUT2D eigenvalue weighted by molar-refractivity contribution is 5.77. The highest BCUT2D eigenvalue weighted by atomic mass is 16.5. The minimum atomic E-state index is 0.0712. The Morgan fingerprint density at radius 1 is 1.32 bits per heavy atom. The number of nitrogens with one attached hydrogen (secondary N) is 2. The first-order valence-electron chi connectivity index (χ1n) is 7.44. The van der Waals surface area contributed by atoms with E-state index in [1.54, 1.807) is 7.11 Å². The molecule has 5 heteroatoms. The van der Waals surface area contributed by atoms with Crippen LogP contribution in [-0.4, -0.2) is 63.3 Å². The fraction of sp³-hybridized carbons (Fsp3) is 0.929. The minimum absolute atomic E-state index is 0.0712. The summed E-state index contributed by atoms with van der Waals surface area (Å²) in [5.74, 6) is 0.0712. The number of nitrogens with zero attached hydrogens (tertiary/aromatic N) is 1. The molecule has 2 N–H and O–H groups in total. The second-order valence-corrected chi connectivity index (χ2v) is 5.27. The molecule has 1 atom stereocenters. The summed E-state index contributed by atoms with van der Waals surface area (Å²) in [7, 11) is 1.67. The Balaban J connectivity index is 2.00. The Labute approximate surface area is 117 Å². The Bertz CT molecular complexity index is 243. The van der Waals surface area contributed by atoms with Crippen molar-refractivity contribution in [2.45, 2.75) is 38.6 Å².